The van der Waals surface area contributed by atoms with Crippen LogP contribution >= 0.6 is 11.8 Å². The maximum atomic E-state index is 11.6. The van der Waals surface area contributed by atoms with E-state index in [0.29, 0.717) is 6.42 Å². The molecule has 0 aromatic rings. The predicted octanol–water partition coefficient (Wildman–Crippen LogP) is 2.44. The normalized spacial score (nSPS) is 14.8. The molecule has 0 radical (unpaired) electrons. The van der Waals surface area contributed by atoms with Gasteiger partial charge in [-0.15, -0.1) is 0 Å². The van der Waals surface area contributed by atoms with Crippen LogP contribution in [0.3, 0.4) is 0 Å². The molecule has 0 heterocycles. The highest BCUT2D eigenvalue weighted by Crippen LogP contribution is 2.24. The molecule has 0 aliphatic heterocycles. The minimum absolute atomic E-state index is 0.0418. The molecular weight excluding hydrogens is 189 g/mol. The minimum Gasteiger partial charge on any atom is -0.396 e. The second-order valence-electron chi connectivity index (χ2n) is 2.56. The number of aliphatic hydroxyl groups excluding tert-OH is 1. The van der Waals surface area contributed by atoms with E-state index >= 15 is 0 Å². The number of hydrogen-bond donors (Lipinski definition) is 1. The molecule has 0 aliphatic carbocycles. The van der Waals surface area contributed by atoms with Gasteiger partial charge in [0, 0.05) is 17.6 Å². The first kappa shape index (κ1) is 12.1. The molecule has 0 aromatic carbocycles. The van der Waals surface area contributed by atoms with Gasteiger partial charge in [0.25, 0.3) is 0 Å². The summed E-state index contributed by atoms with van der Waals surface area (Å²) < 4.78 is 34.9. The number of thioether (sulfide) groups is 1. The number of hydrogen-bond acceptors (Lipinski definition) is 2. The Labute approximate surface area is 74.3 Å². The summed E-state index contributed by atoms with van der Waals surface area (Å²) in [5, 5.41) is 8.57. The van der Waals surface area contributed by atoms with Gasteiger partial charge in [-0.2, -0.15) is 24.9 Å². The molecule has 5 heteroatoms. The highest BCUT2D eigenvalue weighted by Gasteiger charge is 2.26. The van der Waals surface area contributed by atoms with Crippen molar-refractivity contribution in [1.29, 1.82) is 0 Å². The third kappa shape index (κ3) is 8.20. The zero-order valence-electron chi connectivity index (χ0n) is 6.90. The molecular formula is C7H13F3OS. The number of rotatable bonds is 5. The maximum absolute atomic E-state index is 11.6. The van der Waals surface area contributed by atoms with Crippen molar-refractivity contribution in [3.05, 3.63) is 0 Å². The highest BCUT2D eigenvalue weighted by molar-refractivity contribution is 7.99. The predicted molar refractivity (Wildman–Crippen MR) is 44.3 cm³/mol. The zero-order valence-corrected chi connectivity index (χ0v) is 7.71. The van der Waals surface area contributed by atoms with Gasteiger partial charge in [0.1, 0.15) is 0 Å². The van der Waals surface area contributed by atoms with E-state index in [1.54, 1.807) is 0 Å². The molecule has 1 atom stereocenters. The topological polar surface area (TPSA) is 20.2 Å². The quantitative estimate of drug-likeness (QED) is 0.739. The molecule has 12 heavy (non-hydrogen) atoms. The molecule has 0 fully saturated rings. The van der Waals surface area contributed by atoms with Crippen molar-refractivity contribution in [3.63, 3.8) is 0 Å². The number of halogens is 3. The summed E-state index contributed by atoms with van der Waals surface area (Å²) in [5.74, 6) is 0.0880. The summed E-state index contributed by atoms with van der Waals surface area (Å²) in [5.41, 5.74) is 0. The van der Waals surface area contributed by atoms with Crippen molar-refractivity contribution in [3.8, 4) is 0 Å². The van der Waals surface area contributed by atoms with Crippen LogP contribution in [0.5, 0.6) is 0 Å². The fraction of sp³-hybridized carbons (Fsp3) is 1.00. The fourth-order valence-corrected chi connectivity index (χ4v) is 1.66. The van der Waals surface area contributed by atoms with Crippen LogP contribution in [0.1, 0.15) is 19.8 Å². The first-order chi connectivity index (χ1) is 5.45. The standard InChI is InChI=1S/C7H13F3OS/c1-6(2-4-11)12-5-3-7(8,9)10/h6,11H,2-5H2,1H3. The van der Waals surface area contributed by atoms with E-state index in [2.05, 4.69) is 0 Å². The Hall–Kier alpha value is 0.100. The smallest absolute Gasteiger partial charge is 0.389 e. The van der Waals surface area contributed by atoms with Gasteiger partial charge in [0.05, 0.1) is 6.42 Å². The Morgan fingerprint density at radius 1 is 1.42 bits per heavy atom. The van der Waals surface area contributed by atoms with Crippen LogP contribution < -0.4 is 0 Å². The van der Waals surface area contributed by atoms with Crippen molar-refractivity contribution in [1.82, 2.24) is 0 Å². The van der Waals surface area contributed by atoms with Crippen LogP contribution in [-0.4, -0.2) is 28.9 Å². The summed E-state index contributed by atoms with van der Waals surface area (Å²) >= 11 is 1.25. The van der Waals surface area contributed by atoms with E-state index in [1.807, 2.05) is 6.92 Å². The third-order valence-electron chi connectivity index (χ3n) is 1.32. The summed E-state index contributed by atoms with van der Waals surface area (Å²) in [4.78, 5) is 0. The molecule has 0 spiro atoms. The van der Waals surface area contributed by atoms with Crippen LogP contribution in [0.25, 0.3) is 0 Å². The second-order valence-corrected chi connectivity index (χ2v) is 4.11. The van der Waals surface area contributed by atoms with Gasteiger partial charge in [-0.05, 0) is 6.42 Å². The van der Waals surface area contributed by atoms with Crippen LogP contribution in [0, 0.1) is 0 Å². The van der Waals surface area contributed by atoms with Crippen LogP contribution in [0.4, 0.5) is 13.2 Å². The van der Waals surface area contributed by atoms with Gasteiger partial charge in [-0.25, -0.2) is 0 Å². The van der Waals surface area contributed by atoms with Gasteiger partial charge in [0.2, 0.25) is 0 Å². The molecule has 0 aliphatic rings. The second kappa shape index (κ2) is 5.70. The lowest BCUT2D eigenvalue weighted by Gasteiger charge is -2.10. The molecule has 1 nitrogen and oxygen atoms in total. The summed E-state index contributed by atoms with van der Waals surface area (Å²) in [6, 6.07) is 0. The monoisotopic (exact) mass is 202 g/mol. The van der Waals surface area contributed by atoms with E-state index in [0.717, 1.165) is 0 Å². The maximum Gasteiger partial charge on any atom is 0.389 e. The summed E-state index contributed by atoms with van der Waals surface area (Å²) in [6.45, 7) is 1.86. The molecule has 0 rings (SSSR count). The first-order valence-corrected chi connectivity index (χ1v) is 4.80. The Bertz CT molecular complexity index is 116. The van der Waals surface area contributed by atoms with E-state index in [4.69, 9.17) is 5.11 Å². The van der Waals surface area contributed by atoms with Crippen molar-refractivity contribution >= 4 is 11.8 Å². The number of aliphatic hydroxyl groups is 1. The molecule has 74 valence electrons. The number of alkyl halides is 3. The largest absolute Gasteiger partial charge is 0.396 e. The van der Waals surface area contributed by atoms with Crippen molar-refractivity contribution in [2.75, 3.05) is 12.4 Å². The lowest BCUT2D eigenvalue weighted by Crippen LogP contribution is -2.10. The zero-order chi connectivity index (χ0) is 9.61. The third-order valence-corrected chi connectivity index (χ3v) is 2.57. The molecule has 0 amide bonds. The molecule has 1 unspecified atom stereocenters. The van der Waals surface area contributed by atoms with Crippen molar-refractivity contribution in [2.45, 2.75) is 31.2 Å². The average molecular weight is 202 g/mol. The molecule has 0 aromatic heterocycles. The summed E-state index contributed by atoms with van der Waals surface area (Å²) in [6.07, 6.45) is -4.23. The molecule has 0 bridgehead atoms. The first-order valence-electron chi connectivity index (χ1n) is 3.75. The van der Waals surface area contributed by atoms with E-state index in [9.17, 15) is 13.2 Å². The lowest BCUT2D eigenvalue weighted by molar-refractivity contribution is -0.129. The summed E-state index contributed by atoms with van der Waals surface area (Å²) in [7, 11) is 0. The van der Waals surface area contributed by atoms with E-state index in [1.165, 1.54) is 11.8 Å². The Morgan fingerprint density at radius 3 is 2.42 bits per heavy atom. The van der Waals surface area contributed by atoms with E-state index in [-0.39, 0.29) is 17.6 Å². The van der Waals surface area contributed by atoms with Gasteiger partial charge < -0.3 is 5.11 Å². The van der Waals surface area contributed by atoms with Crippen LogP contribution in [0.2, 0.25) is 0 Å². The Balaban J connectivity index is 3.31. The lowest BCUT2D eigenvalue weighted by atomic mass is 10.3. The van der Waals surface area contributed by atoms with Gasteiger partial charge >= 0.3 is 6.18 Å². The van der Waals surface area contributed by atoms with Crippen molar-refractivity contribution < 1.29 is 18.3 Å². The fourth-order valence-electron chi connectivity index (χ4n) is 0.641. The highest BCUT2D eigenvalue weighted by atomic mass is 32.2. The van der Waals surface area contributed by atoms with E-state index < -0.39 is 12.6 Å². The Kier molecular flexibility index (Phi) is 5.74. The SMILES string of the molecule is CC(CCO)SCCC(F)(F)F. The molecule has 0 saturated carbocycles. The molecule has 0 saturated heterocycles. The van der Waals surface area contributed by atoms with Crippen LogP contribution in [0.15, 0.2) is 0 Å². The minimum atomic E-state index is -4.05. The van der Waals surface area contributed by atoms with Gasteiger partial charge in [-0.1, -0.05) is 6.92 Å². The van der Waals surface area contributed by atoms with Crippen LogP contribution in [-0.2, 0) is 0 Å². The molecule has 1 N–H and O–H groups in total. The average Bonchev–Trinajstić information content (AvgIpc) is 1.84. The van der Waals surface area contributed by atoms with Crippen molar-refractivity contribution in [2.24, 2.45) is 0 Å². The van der Waals surface area contributed by atoms with Gasteiger partial charge in [0.15, 0.2) is 0 Å². The Morgan fingerprint density at radius 2 is 2.00 bits per heavy atom. The van der Waals surface area contributed by atoms with Gasteiger partial charge in [-0.3, -0.25) is 0 Å².